The van der Waals surface area contributed by atoms with Crippen LogP contribution in [0.2, 0.25) is 0 Å². The van der Waals surface area contributed by atoms with Crippen LogP contribution in [0.3, 0.4) is 0 Å². The Bertz CT molecular complexity index is 749. The van der Waals surface area contributed by atoms with Crippen LogP contribution < -0.4 is 14.8 Å². The molecule has 0 aliphatic carbocycles. The second-order valence-corrected chi connectivity index (χ2v) is 7.55. The average molecular weight is 406 g/mol. The maximum atomic E-state index is 12.9. The van der Waals surface area contributed by atoms with Crippen LogP contribution >= 0.6 is 0 Å². The van der Waals surface area contributed by atoms with Gasteiger partial charge in [0.25, 0.3) is 0 Å². The molecule has 0 aromatic heterocycles. The third-order valence-electron chi connectivity index (χ3n) is 4.90. The summed E-state index contributed by atoms with van der Waals surface area (Å²) in [6, 6.07) is 4.59. The van der Waals surface area contributed by atoms with Gasteiger partial charge >= 0.3 is 5.97 Å². The highest BCUT2D eigenvalue weighted by Crippen LogP contribution is 2.31. The molecule has 0 bridgehead atoms. The molecule has 2 rings (SSSR count). The van der Waals surface area contributed by atoms with Gasteiger partial charge in [-0.15, -0.1) is 0 Å². The van der Waals surface area contributed by atoms with E-state index < -0.39 is 17.9 Å². The van der Waals surface area contributed by atoms with Crippen LogP contribution in [0.4, 0.5) is 0 Å². The van der Waals surface area contributed by atoms with Gasteiger partial charge in [0.05, 0.1) is 39.7 Å². The fraction of sp³-hybridized carbons (Fsp3) is 0.571. The molecule has 160 valence electrons. The van der Waals surface area contributed by atoms with Crippen molar-refractivity contribution >= 4 is 17.8 Å². The Hall–Kier alpha value is -2.77. The largest absolute Gasteiger partial charge is 0.493 e. The molecule has 2 unspecified atom stereocenters. The molecular weight excluding hydrogens is 376 g/mol. The van der Waals surface area contributed by atoms with Gasteiger partial charge in [-0.1, -0.05) is 19.9 Å². The molecule has 8 heteroatoms. The summed E-state index contributed by atoms with van der Waals surface area (Å²) in [5.41, 5.74) is 0.685. The maximum Gasteiger partial charge on any atom is 0.307 e. The van der Waals surface area contributed by atoms with E-state index in [0.717, 1.165) is 0 Å². The number of amides is 2. The second kappa shape index (κ2) is 10.1. The number of hydrogen-bond acceptors (Lipinski definition) is 6. The van der Waals surface area contributed by atoms with E-state index >= 15 is 0 Å². The highest BCUT2D eigenvalue weighted by atomic mass is 16.5. The van der Waals surface area contributed by atoms with Crippen LogP contribution in [0.5, 0.6) is 11.5 Å². The van der Waals surface area contributed by atoms with Gasteiger partial charge in [-0.25, -0.2) is 0 Å². The van der Waals surface area contributed by atoms with Crippen LogP contribution in [0.1, 0.15) is 38.3 Å². The Morgan fingerprint density at radius 2 is 1.86 bits per heavy atom. The van der Waals surface area contributed by atoms with Crippen molar-refractivity contribution in [3.8, 4) is 11.5 Å². The van der Waals surface area contributed by atoms with Crippen molar-refractivity contribution in [2.24, 2.45) is 11.8 Å². The molecular formula is C21H30N2O6. The van der Waals surface area contributed by atoms with Gasteiger partial charge < -0.3 is 24.4 Å². The summed E-state index contributed by atoms with van der Waals surface area (Å²) in [6.45, 7) is 5.08. The minimum Gasteiger partial charge on any atom is -0.493 e. The number of benzene rings is 1. The van der Waals surface area contributed by atoms with Crippen molar-refractivity contribution in [3.05, 3.63) is 23.8 Å². The molecule has 1 fully saturated rings. The van der Waals surface area contributed by atoms with Crippen LogP contribution in [0.15, 0.2) is 18.2 Å². The predicted octanol–water partition coefficient (Wildman–Crippen LogP) is 1.93. The van der Waals surface area contributed by atoms with E-state index in [4.69, 9.17) is 14.2 Å². The van der Waals surface area contributed by atoms with Gasteiger partial charge in [-0.3, -0.25) is 14.4 Å². The standard InChI is InChI=1S/C21H30N2O6/c1-13(2)11-23-12-15(9-19(23)24)21(26)22-16(10-20(25)29-5)14-6-7-17(27-3)18(8-14)28-4/h6-8,13,15-16H,9-12H2,1-5H3,(H,22,26). The zero-order chi connectivity index (χ0) is 21.6. The molecule has 1 N–H and O–H groups in total. The van der Waals surface area contributed by atoms with E-state index in [1.54, 1.807) is 23.1 Å². The number of ether oxygens (including phenoxy) is 3. The number of nitrogens with zero attached hydrogens (tertiary/aromatic N) is 1. The van der Waals surface area contributed by atoms with Crippen molar-refractivity contribution in [3.63, 3.8) is 0 Å². The molecule has 1 aromatic carbocycles. The van der Waals surface area contributed by atoms with Crippen LogP contribution in [-0.2, 0) is 19.1 Å². The first kappa shape index (κ1) is 22.5. The van der Waals surface area contributed by atoms with Gasteiger partial charge in [0.1, 0.15) is 0 Å². The molecule has 1 heterocycles. The summed E-state index contributed by atoms with van der Waals surface area (Å²) in [5, 5.41) is 2.91. The van der Waals surface area contributed by atoms with Crippen LogP contribution in [0, 0.1) is 11.8 Å². The quantitative estimate of drug-likeness (QED) is 0.630. The highest BCUT2D eigenvalue weighted by molar-refractivity contribution is 5.89. The third-order valence-corrected chi connectivity index (χ3v) is 4.90. The first-order valence-corrected chi connectivity index (χ1v) is 9.65. The lowest BCUT2D eigenvalue weighted by Gasteiger charge is -2.22. The Morgan fingerprint density at radius 1 is 1.17 bits per heavy atom. The average Bonchev–Trinajstić information content (AvgIpc) is 3.06. The van der Waals surface area contributed by atoms with E-state index in [-0.39, 0.29) is 24.7 Å². The number of carbonyl (C=O) groups excluding carboxylic acids is 3. The monoisotopic (exact) mass is 406 g/mol. The summed E-state index contributed by atoms with van der Waals surface area (Å²) in [5.74, 6) is 0.205. The number of rotatable bonds is 9. The normalized spacial score (nSPS) is 17.2. The topological polar surface area (TPSA) is 94.2 Å². The van der Waals surface area contributed by atoms with E-state index in [1.165, 1.54) is 21.3 Å². The lowest BCUT2D eigenvalue weighted by molar-refractivity contribution is -0.141. The second-order valence-electron chi connectivity index (χ2n) is 7.55. The number of hydrogen-bond donors (Lipinski definition) is 1. The highest BCUT2D eigenvalue weighted by Gasteiger charge is 2.35. The summed E-state index contributed by atoms with van der Waals surface area (Å²) in [6.07, 6.45) is 0.142. The lowest BCUT2D eigenvalue weighted by atomic mass is 10.0. The minimum absolute atomic E-state index is 0.0190. The first-order chi connectivity index (χ1) is 13.8. The Morgan fingerprint density at radius 3 is 2.45 bits per heavy atom. The first-order valence-electron chi connectivity index (χ1n) is 9.65. The Balaban J connectivity index is 2.18. The van der Waals surface area contributed by atoms with Crippen molar-refractivity contribution in [1.82, 2.24) is 10.2 Å². The Labute approximate surface area is 171 Å². The molecule has 1 saturated heterocycles. The predicted molar refractivity (Wildman–Crippen MR) is 107 cm³/mol. The zero-order valence-corrected chi connectivity index (χ0v) is 17.7. The summed E-state index contributed by atoms with van der Waals surface area (Å²) >= 11 is 0. The van der Waals surface area contributed by atoms with Crippen LogP contribution in [-0.4, -0.2) is 57.1 Å². The van der Waals surface area contributed by atoms with Gasteiger partial charge in [0, 0.05) is 19.5 Å². The summed E-state index contributed by atoms with van der Waals surface area (Å²) < 4.78 is 15.3. The van der Waals surface area contributed by atoms with E-state index in [1.807, 2.05) is 13.8 Å². The fourth-order valence-corrected chi connectivity index (χ4v) is 3.43. The molecule has 2 amide bonds. The minimum atomic E-state index is -0.607. The van der Waals surface area contributed by atoms with E-state index in [9.17, 15) is 14.4 Å². The zero-order valence-electron chi connectivity index (χ0n) is 17.7. The maximum absolute atomic E-state index is 12.9. The molecule has 0 radical (unpaired) electrons. The molecule has 0 saturated carbocycles. The number of esters is 1. The van der Waals surface area contributed by atoms with E-state index in [2.05, 4.69) is 5.32 Å². The third kappa shape index (κ3) is 5.85. The summed E-state index contributed by atoms with van der Waals surface area (Å²) in [7, 11) is 4.35. The number of nitrogens with one attached hydrogen (secondary N) is 1. The molecule has 0 spiro atoms. The molecule has 2 atom stereocenters. The number of methoxy groups -OCH3 is 3. The van der Waals surface area contributed by atoms with Gasteiger partial charge in [0.15, 0.2) is 11.5 Å². The molecule has 29 heavy (non-hydrogen) atoms. The van der Waals surface area contributed by atoms with Crippen LogP contribution in [0.25, 0.3) is 0 Å². The van der Waals surface area contributed by atoms with Gasteiger partial charge in [-0.2, -0.15) is 0 Å². The number of carbonyl (C=O) groups is 3. The van der Waals surface area contributed by atoms with Crippen molar-refractivity contribution in [1.29, 1.82) is 0 Å². The smallest absolute Gasteiger partial charge is 0.307 e. The van der Waals surface area contributed by atoms with Crippen molar-refractivity contribution < 1.29 is 28.6 Å². The fourth-order valence-electron chi connectivity index (χ4n) is 3.43. The number of likely N-dealkylation sites (tertiary alicyclic amines) is 1. The molecule has 1 aromatic rings. The van der Waals surface area contributed by atoms with Crippen molar-refractivity contribution in [2.75, 3.05) is 34.4 Å². The molecule has 1 aliphatic heterocycles. The summed E-state index contributed by atoms with van der Waals surface area (Å²) in [4.78, 5) is 38.7. The SMILES string of the molecule is COC(=O)CC(NC(=O)C1CC(=O)N(CC(C)C)C1)c1ccc(OC)c(OC)c1. The van der Waals surface area contributed by atoms with Gasteiger partial charge in [-0.05, 0) is 23.6 Å². The van der Waals surface area contributed by atoms with E-state index in [0.29, 0.717) is 36.1 Å². The Kier molecular flexibility index (Phi) is 7.87. The van der Waals surface area contributed by atoms with Gasteiger partial charge in [0.2, 0.25) is 11.8 Å². The van der Waals surface area contributed by atoms with Crippen molar-refractivity contribution in [2.45, 2.75) is 32.7 Å². The lowest BCUT2D eigenvalue weighted by Crippen LogP contribution is -2.37. The molecule has 8 nitrogen and oxygen atoms in total. The molecule has 1 aliphatic rings.